The van der Waals surface area contributed by atoms with Crippen LogP contribution in [0.25, 0.3) is 0 Å². The van der Waals surface area contributed by atoms with E-state index in [4.69, 9.17) is 22.1 Å². The number of benzene rings is 2. The molecule has 0 saturated heterocycles. The molecule has 2 aromatic carbocycles. The van der Waals surface area contributed by atoms with E-state index in [9.17, 15) is 5.26 Å². The number of nitriles is 1. The SMILES string of the molecule is Cc1ccc(COc2nn(Cc3ccccc3Cl)c(N)c2C#N)cc1. The summed E-state index contributed by atoms with van der Waals surface area (Å²) in [4.78, 5) is 0. The van der Waals surface area contributed by atoms with E-state index in [0.29, 0.717) is 18.2 Å². The number of nitrogen functional groups attached to an aromatic ring is 1. The molecule has 0 unspecified atom stereocenters. The van der Waals surface area contributed by atoms with Crippen molar-refractivity contribution < 1.29 is 4.74 Å². The zero-order valence-corrected chi connectivity index (χ0v) is 14.5. The van der Waals surface area contributed by atoms with Crippen LogP contribution >= 0.6 is 11.6 Å². The second kappa shape index (κ2) is 7.29. The Bertz CT molecular complexity index is 926. The number of rotatable bonds is 5. The maximum absolute atomic E-state index is 9.38. The molecule has 6 heteroatoms. The minimum Gasteiger partial charge on any atom is -0.471 e. The van der Waals surface area contributed by atoms with E-state index in [2.05, 4.69) is 11.2 Å². The average molecular weight is 353 g/mol. The van der Waals surface area contributed by atoms with Gasteiger partial charge in [0.2, 0.25) is 0 Å². The van der Waals surface area contributed by atoms with Crippen molar-refractivity contribution in [1.29, 1.82) is 5.26 Å². The lowest BCUT2D eigenvalue weighted by Crippen LogP contribution is -2.06. The highest BCUT2D eigenvalue weighted by atomic mass is 35.5. The number of aryl methyl sites for hydroxylation is 1. The fraction of sp³-hybridized carbons (Fsp3) is 0.158. The number of nitrogens with two attached hydrogens (primary N) is 1. The smallest absolute Gasteiger partial charge is 0.253 e. The first-order valence-corrected chi connectivity index (χ1v) is 8.14. The van der Waals surface area contributed by atoms with Crippen LogP contribution in [0.4, 0.5) is 5.82 Å². The Morgan fingerprint density at radius 3 is 2.60 bits per heavy atom. The molecule has 0 aliphatic heterocycles. The largest absolute Gasteiger partial charge is 0.471 e. The third-order valence-electron chi connectivity index (χ3n) is 3.85. The summed E-state index contributed by atoms with van der Waals surface area (Å²) in [6.07, 6.45) is 0. The third-order valence-corrected chi connectivity index (χ3v) is 4.21. The van der Waals surface area contributed by atoms with Crippen LogP contribution in [0.1, 0.15) is 22.3 Å². The summed E-state index contributed by atoms with van der Waals surface area (Å²) >= 11 is 6.18. The number of anilines is 1. The van der Waals surface area contributed by atoms with Crippen molar-refractivity contribution in [1.82, 2.24) is 9.78 Å². The molecular weight excluding hydrogens is 336 g/mol. The van der Waals surface area contributed by atoms with Crippen LogP contribution in [0.15, 0.2) is 48.5 Å². The van der Waals surface area contributed by atoms with Gasteiger partial charge in [-0.3, -0.25) is 0 Å². The van der Waals surface area contributed by atoms with E-state index >= 15 is 0 Å². The average Bonchev–Trinajstić information content (AvgIpc) is 2.91. The third kappa shape index (κ3) is 3.76. The van der Waals surface area contributed by atoms with Crippen LogP contribution in [-0.4, -0.2) is 9.78 Å². The van der Waals surface area contributed by atoms with Crippen molar-refractivity contribution in [3.63, 3.8) is 0 Å². The Morgan fingerprint density at radius 1 is 1.20 bits per heavy atom. The summed E-state index contributed by atoms with van der Waals surface area (Å²) in [5.74, 6) is 0.494. The van der Waals surface area contributed by atoms with Crippen molar-refractivity contribution in [2.24, 2.45) is 0 Å². The molecule has 25 heavy (non-hydrogen) atoms. The van der Waals surface area contributed by atoms with Crippen LogP contribution in [0.2, 0.25) is 5.02 Å². The molecule has 0 aliphatic carbocycles. The van der Waals surface area contributed by atoms with Crippen LogP contribution in [0.3, 0.4) is 0 Å². The Balaban J connectivity index is 1.82. The molecule has 2 N–H and O–H groups in total. The van der Waals surface area contributed by atoms with Gasteiger partial charge in [-0.1, -0.05) is 59.6 Å². The van der Waals surface area contributed by atoms with Gasteiger partial charge in [0.15, 0.2) is 5.56 Å². The minimum atomic E-state index is 0.229. The van der Waals surface area contributed by atoms with Gasteiger partial charge in [-0.05, 0) is 24.1 Å². The molecule has 3 aromatic rings. The highest BCUT2D eigenvalue weighted by molar-refractivity contribution is 6.31. The molecule has 1 aromatic heterocycles. The van der Waals surface area contributed by atoms with Crippen LogP contribution in [0.5, 0.6) is 5.88 Å². The van der Waals surface area contributed by atoms with Gasteiger partial charge >= 0.3 is 0 Å². The van der Waals surface area contributed by atoms with Crippen LogP contribution in [-0.2, 0) is 13.2 Å². The minimum absolute atomic E-state index is 0.229. The Labute approximate surface area is 151 Å². The van der Waals surface area contributed by atoms with E-state index in [1.165, 1.54) is 10.2 Å². The number of aromatic nitrogens is 2. The summed E-state index contributed by atoms with van der Waals surface area (Å²) in [6, 6.07) is 17.5. The van der Waals surface area contributed by atoms with E-state index in [1.54, 1.807) is 6.07 Å². The van der Waals surface area contributed by atoms with Crippen molar-refractivity contribution in [2.45, 2.75) is 20.1 Å². The van der Waals surface area contributed by atoms with Crippen molar-refractivity contribution >= 4 is 17.4 Å². The van der Waals surface area contributed by atoms with Gasteiger partial charge in [0.05, 0.1) is 6.54 Å². The lowest BCUT2D eigenvalue weighted by molar-refractivity contribution is 0.289. The molecule has 0 saturated carbocycles. The van der Waals surface area contributed by atoms with Crippen molar-refractivity contribution in [3.05, 3.63) is 75.8 Å². The molecule has 3 rings (SSSR count). The number of ether oxygens (including phenoxy) is 1. The first kappa shape index (κ1) is 16.9. The molecule has 0 spiro atoms. The molecule has 0 amide bonds. The van der Waals surface area contributed by atoms with Crippen molar-refractivity contribution in [2.75, 3.05) is 5.73 Å². The monoisotopic (exact) mass is 352 g/mol. The Kier molecular flexibility index (Phi) is 4.92. The molecular formula is C19H17ClN4O. The molecule has 0 radical (unpaired) electrons. The van der Waals surface area contributed by atoms with Crippen molar-refractivity contribution in [3.8, 4) is 11.9 Å². The lowest BCUT2D eigenvalue weighted by Gasteiger charge is -2.06. The Hall–Kier alpha value is -2.97. The van der Waals surface area contributed by atoms with Gasteiger partial charge in [-0.25, -0.2) is 4.68 Å². The predicted octanol–water partition coefficient (Wildman–Crippen LogP) is 3.93. The second-order valence-corrected chi connectivity index (χ2v) is 6.11. The second-order valence-electron chi connectivity index (χ2n) is 5.70. The normalized spacial score (nSPS) is 10.4. The summed E-state index contributed by atoms with van der Waals surface area (Å²) < 4.78 is 7.25. The molecule has 126 valence electrons. The molecule has 1 heterocycles. The molecule has 5 nitrogen and oxygen atoms in total. The standard InChI is InChI=1S/C19H17ClN4O/c1-13-6-8-14(9-7-13)12-25-19-16(10-21)18(22)24(23-19)11-15-4-2-3-5-17(15)20/h2-9H,11-12,22H2,1H3. The van der Waals surface area contributed by atoms with Crippen LogP contribution in [0, 0.1) is 18.3 Å². The highest BCUT2D eigenvalue weighted by Crippen LogP contribution is 2.26. The fourth-order valence-corrected chi connectivity index (χ4v) is 2.60. The van der Waals surface area contributed by atoms with Gasteiger partial charge in [-0.15, -0.1) is 5.10 Å². The van der Waals surface area contributed by atoms with E-state index in [-0.39, 0.29) is 17.3 Å². The van der Waals surface area contributed by atoms with Gasteiger partial charge in [0.1, 0.15) is 18.5 Å². The van der Waals surface area contributed by atoms with E-state index in [0.717, 1.165) is 11.1 Å². The first-order valence-electron chi connectivity index (χ1n) is 7.76. The highest BCUT2D eigenvalue weighted by Gasteiger charge is 2.17. The molecule has 0 aliphatic rings. The van der Waals surface area contributed by atoms with Crippen LogP contribution < -0.4 is 10.5 Å². The first-order chi connectivity index (χ1) is 12.1. The maximum atomic E-state index is 9.38. The molecule has 0 atom stereocenters. The summed E-state index contributed by atoms with van der Waals surface area (Å²) in [5.41, 5.74) is 9.33. The number of hydrogen-bond acceptors (Lipinski definition) is 4. The van der Waals surface area contributed by atoms with Gasteiger partial charge in [0, 0.05) is 5.02 Å². The van der Waals surface area contributed by atoms with E-state index < -0.39 is 0 Å². The van der Waals surface area contributed by atoms with E-state index in [1.807, 2.05) is 49.4 Å². The number of halogens is 1. The molecule has 0 fully saturated rings. The zero-order valence-electron chi connectivity index (χ0n) is 13.7. The quantitative estimate of drug-likeness (QED) is 0.754. The molecule has 0 bridgehead atoms. The van der Waals surface area contributed by atoms with Gasteiger partial charge < -0.3 is 10.5 Å². The number of nitrogens with zero attached hydrogens (tertiary/aromatic N) is 3. The maximum Gasteiger partial charge on any atom is 0.253 e. The summed E-state index contributed by atoms with van der Waals surface area (Å²) in [7, 11) is 0. The predicted molar refractivity (Wildman–Crippen MR) is 97.4 cm³/mol. The van der Waals surface area contributed by atoms with Gasteiger partial charge in [-0.2, -0.15) is 5.26 Å². The van der Waals surface area contributed by atoms with Gasteiger partial charge in [0.25, 0.3) is 5.88 Å². The zero-order chi connectivity index (χ0) is 17.8. The number of hydrogen-bond donors (Lipinski definition) is 1. The summed E-state index contributed by atoms with van der Waals surface area (Å²) in [5, 5.41) is 14.3. The Morgan fingerprint density at radius 2 is 1.92 bits per heavy atom. The summed E-state index contributed by atoms with van der Waals surface area (Å²) in [6.45, 7) is 2.71. The fourth-order valence-electron chi connectivity index (χ4n) is 2.40. The topological polar surface area (TPSA) is 76.9 Å². The lowest BCUT2D eigenvalue weighted by atomic mass is 10.2.